The van der Waals surface area contributed by atoms with E-state index in [1.807, 2.05) is 0 Å². The van der Waals surface area contributed by atoms with Gasteiger partial charge in [0.05, 0.1) is 29.5 Å². The van der Waals surface area contributed by atoms with Crippen molar-refractivity contribution in [3.05, 3.63) is 58.7 Å². The van der Waals surface area contributed by atoms with Gasteiger partial charge in [0, 0.05) is 5.69 Å². The number of benzene rings is 2. The van der Waals surface area contributed by atoms with Crippen molar-refractivity contribution in [2.45, 2.75) is 6.92 Å². The largest absolute Gasteiger partial charge is 0.465 e. The molecule has 1 heterocycles. The summed E-state index contributed by atoms with van der Waals surface area (Å²) in [6, 6.07) is 9.33. The van der Waals surface area contributed by atoms with Crippen LogP contribution >= 0.6 is 0 Å². The minimum atomic E-state index is -0.563. The number of hydrogen-bond acceptors (Lipinski definition) is 5. The van der Waals surface area contributed by atoms with E-state index in [1.54, 1.807) is 25.1 Å². The quantitative estimate of drug-likeness (QED) is 0.521. The van der Waals surface area contributed by atoms with Crippen LogP contribution in [0.25, 0.3) is 0 Å². The van der Waals surface area contributed by atoms with Crippen LogP contribution < -0.4 is 10.6 Å². The number of anilines is 2. The number of fused-ring (bicyclic) bond motifs is 1. The van der Waals surface area contributed by atoms with Crippen molar-refractivity contribution >= 4 is 29.2 Å². The Morgan fingerprint density at radius 3 is 2.43 bits per heavy atom. The number of nitrogens with two attached hydrogens (primary N) is 1. The van der Waals surface area contributed by atoms with Gasteiger partial charge in [0.1, 0.15) is 0 Å². The molecule has 2 aromatic carbocycles. The predicted molar refractivity (Wildman–Crippen MR) is 84.5 cm³/mol. The molecule has 1 aliphatic rings. The molecule has 0 atom stereocenters. The molecule has 1 aliphatic heterocycles. The van der Waals surface area contributed by atoms with E-state index >= 15 is 0 Å². The van der Waals surface area contributed by atoms with Crippen molar-refractivity contribution in [3.8, 4) is 0 Å². The van der Waals surface area contributed by atoms with Crippen LogP contribution in [0.2, 0.25) is 0 Å². The zero-order valence-electron chi connectivity index (χ0n) is 12.6. The first-order chi connectivity index (χ1) is 10.9. The third-order valence-electron chi connectivity index (χ3n) is 3.78. The second-order valence-electron chi connectivity index (χ2n) is 5.24. The van der Waals surface area contributed by atoms with Crippen molar-refractivity contribution in [1.82, 2.24) is 0 Å². The average molecular weight is 310 g/mol. The standard InChI is InChI=1S/C17H14N2O4/c1-9-3-5-11(18)8-14(9)19-15(20)12-6-4-10(17(22)23-2)7-13(12)16(19)21/h3-8H,18H2,1-2H3. The molecule has 0 aromatic heterocycles. The van der Waals surface area contributed by atoms with Crippen molar-refractivity contribution in [2.24, 2.45) is 0 Å². The fraction of sp³-hybridized carbons (Fsp3) is 0.118. The number of aryl methyl sites for hydroxylation is 1. The first-order valence-electron chi connectivity index (χ1n) is 6.91. The molecule has 0 bridgehead atoms. The van der Waals surface area contributed by atoms with Crippen molar-refractivity contribution in [2.75, 3.05) is 17.7 Å². The lowest BCUT2D eigenvalue weighted by molar-refractivity contribution is 0.0600. The summed E-state index contributed by atoms with van der Waals surface area (Å²) in [5, 5.41) is 0. The lowest BCUT2D eigenvalue weighted by Gasteiger charge is -2.17. The molecule has 2 aromatic rings. The smallest absolute Gasteiger partial charge is 0.337 e. The van der Waals surface area contributed by atoms with Gasteiger partial charge in [-0.3, -0.25) is 9.59 Å². The fourth-order valence-corrected chi connectivity index (χ4v) is 2.57. The fourth-order valence-electron chi connectivity index (χ4n) is 2.57. The highest BCUT2D eigenvalue weighted by molar-refractivity contribution is 6.35. The Morgan fingerprint density at radius 1 is 1.04 bits per heavy atom. The number of hydrogen-bond donors (Lipinski definition) is 1. The maximum atomic E-state index is 12.6. The second kappa shape index (κ2) is 5.24. The van der Waals surface area contributed by atoms with Crippen molar-refractivity contribution in [3.63, 3.8) is 0 Å². The highest BCUT2D eigenvalue weighted by atomic mass is 16.5. The summed E-state index contributed by atoms with van der Waals surface area (Å²) in [6.45, 7) is 1.79. The minimum absolute atomic E-state index is 0.180. The van der Waals surface area contributed by atoms with Crippen LogP contribution in [-0.4, -0.2) is 24.9 Å². The Kier molecular flexibility index (Phi) is 3.37. The van der Waals surface area contributed by atoms with Crippen LogP contribution in [0.3, 0.4) is 0 Å². The molecule has 2 amide bonds. The zero-order chi connectivity index (χ0) is 16.7. The monoisotopic (exact) mass is 310 g/mol. The summed E-state index contributed by atoms with van der Waals surface area (Å²) in [5.74, 6) is -1.48. The molecule has 3 rings (SSSR count). The number of carbonyl (C=O) groups is 3. The van der Waals surface area contributed by atoms with Gasteiger partial charge in [-0.05, 0) is 42.8 Å². The SMILES string of the molecule is COC(=O)c1ccc2c(c1)C(=O)N(c1cc(N)ccc1C)C2=O. The Morgan fingerprint density at radius 2 is 1.74 bits per heavy atom. The molecule has 0 radical (unpaired) electrons. The van der Waals surface area contributed by atoms with E-state index < -0.39 is 17.8 Å². The number of nitrogens with zero attached hydrogens (tertiary/aromatic N) is 1. The molecular formula is C17H14N2O4. The molecular weight excluding hydrogens is 296 g/mol. The third kappa shape index (κ3) is 2.24. The maximum absolute atomic E-state index is 12.6. The van der Waals surface area contributed by atoms with Crippen LogP contribution in [0.5, 0.6) is 0 Å². The van der Waals surface area contributed by atoms with Gasteiger partial charge in [-0.1, -0.05) is 6.07 Å². The molecule has 0 saturated carbocycles. The minimum Gasteiger partial charge on any atom is -0.465 e. The van der Waals surface area contributed by atoms with Crippen LogP contribution in [0.4, 0.5) is 11.4 Å². The van der Waals surface area contributed by atoms with Crippen LogP contribution in [0.15, 0.2) is 36.4 Å². The lowest BCUT2D eigenvalue weighted by atomic mass is 10.1. The Labute approximate surface area is 132 Å². The van der Waals surface area contributed by atoms with Crippen molar-refractivity contribution in [1.29, 1.82) is 0 Å². The van der Waals surface area contributed by atoms with E-state index in [2.05, 4.69) is 4.74 Å². The number of rotatable bonds is 2. The van der Waals surface area contributed by atoms with E-state index in [1.165, 1.54) is 25.3 Å². The maximum Gasteiger partial charge on any atom is 0.337 e. The molecule has 0 fully saturated rings. The molecule has 116 valence electrons. The number of ether oxygens (including phenoxy) is 1. The Balaban J connectivity index is 2.10. The number of methoxy groups -OCH3 is 1. The first-order valence-corrected chi connectivity index (χ1v) is 6.91. The van der Waals surface area contributed by atoms with Crippen LogP contribution in [-0.2, 0) is 4.74 Å². The Bertz CT molecular complexity index is 858. The van der Waals surface area contributed by atoms with E-state index in [4.69, 9.17) is 5.73 Å². The molecule has 0 spiro atoms. The lowest BCUT2D eigenvalue weighted by Crippen LogP contribution is -2.30. The van der Waals surface area contributed by atoms with Gasteiger partial charge in [-0.15, -0.1) is 0 Å². The van der Waals surface area contributed by atoms with Gasteiger partial charge in [0.25, 0.3) is 11.8 Å². The second-order valence-corrected chi connectivity index (χ2v) is 5.24. The first kappa shape index (κ1) is 14.8. The topological polar surface area (TPSA) is 89.7 Å². The molecule has 0 aliphatic carbocycles. The summed E-state index contributed by atoms with van der Waals surface area (Å²) < 4.78 is 4.64. The number of esters is 1. The molecule has 6 heteroatoms. The summed E-state index contributed by atoms with van der Waals surface area (Å²) in [6.07, 6.45) is 0. The van der Waals surface area contributed by atoms with Crippen molar-refractivity contribution < 1.29 is 19.1 Å². The number of carbonyl (C=O) groups excluding carboxylic acids is 3. The molecule has 23 heavy (non-hydrogen) atoms. The highest BCUT2D eigenvalue weighted by Gasteiger charge is 2.37. The Hall–Kier alpha value is -3.15. The van der Waals surface area contributed by atoms with Gasteiger partial charge >= 0.3 is 5.97 Å². The number of imide groups is 1. The van der Waals surface area contributed by atoms with Gasteiger partial charge in [0.2, 0.25) is 0 Å². The predicted octanol–water partition coefficient (Wildman–Crippen LogP) is 2.16. The van der Waals surface area contributed by atoms with Crippen LogP contribution in [0, 0.1) is 6.92 Å². The molecule has 0 unspecified atom stereocenters. The summed E-state index contributed by atoms with van der Waals surface area (Å²) >= 11 is 0. The number of amides is 2. The summed E-state index contributed by atoms with van der Waals surface area (Å²) in [7, 11) is 1.25. The highest BCUT2D eigenvalue weighted by Crippen LogP contribution is 2.32. The molecule has 2 N–H and O–H groups in total. The molecule has 0 saturated heterocycles. The normalized spacial score (nSPS) is 13.2. The number of nitrogen functional groups attached to an aromatic ring is 1. The molecule has 6 nitrogen and oxygen atoms in total. The average Bonchev–Trinajstić information content (AvgIpc) is 2.80. The summed E-state index contributed by atoms with van der Waals surface area (Å²) in [4.78, 5) is 37.9. The van der Waals surface area contributed by atoms with E-state index in [0.29, 0.717) is 11.4 Å². The summed E-state index contributed by atoms with van der Waals surface area (Å²) in [5.41, 5.74) is 8.07. The van der Waals surface area contributed by atoms with E-state index in [9.17, 15) is 14.4 Å². The van der Waals surface area contributed by atoms with Gasteiger partial charge < -0.3 is 10.5 Å². The van der Waals surface area contributed by atoms with E-state index in [0.717, 1.165) is 10.5 Å². The zero-order valence-corrected chi connectivity index (χ0v) is 12.6. The van der Waals surface area contributed by atoms with Crippen LogP contribution in [0.1, 0.15) is 36.6 Å². The van der Waals surface area contributed by atoms with Gasteiger partial charge in [-0.2, -0.15) is 0 Å². The van der Waals surface area contributed by atoms with Gasteiger partial charge in [0.15, 0.2) is 0 Å². The third-order valence-corrected chi connectivity index (χ3v) is 3.78. The van der Waals surface area contributed by atoms with E-state index in [-0.39, 0.29) is 16.7 Å². The van der Waals surface area contributed by atoms with Gasteiger partial charge in [-0.25, -0.2) is 9.69 Å².